The summed E-state index contributed by atoms with van der Waals surface area (Å²) < 4.78 is 16.7. The molecule has 3 heterocycles. The van der Waals surface area contributed by atoms with Gasteiger partial charge in [-0.1, -0.05) is 30.3 Å². The summed E-state index contributed by atoms with van der Waals surface area (Å²) in [7, 11) is 0. The fourth-order valence-corrected chi connectivity index (χ4v) is 4.62. The van der Waals surface area contributed by atoms with E-state index in [0.717, 1.165) is 37.1 Å². The topological polar surface area (TPSA) is 63.1 Å². The number of amides is 1. The van der Waals surface area contributed by atoms with Crippen molar-refractivity contribution in [1.82, 2.24) is 14.8 Å². The Bertz CT molecular complexity index is 1370. The number of aromatic nitrogens is 3. The summed E-state index contributed by atoms with van der Waals surface area (Å²) in [5.41, 5.74) is 4.67. The van der Waals surface area contributed by atoms with Gasteiger partial charge in [0.2, 0.25) is 0 Å². The minimum atomic E-state index is -0.444. The molecule has 0 aliphatic carbocycles. The number of carbonyl (C=O) groups excluding carboxylic acids is 1. The highest BCUT2D eigenvalue weighted by Gasteiger charge is 2.23. The van der Waals surface area contributed by atoms with Crippen LogP contribution in [0.25, 0.3) is 22.3 Å². The van der Waals surface area contributed by atoms with Gasteiger partial charge in [0.25, 0.3) is 5.91 Å². The molecule has 1 fully saturated rings. The molecule has 5 rings (SSSR count). The van der Waals surface area contributed by atoms with Gasteiger partial charge < -0.3 is 10.2 Å². The zero-order valence-corrected chi connectivity index (χ0v) is 19.7. The summed E-state index contributed by atoms with van der Waals surface area (Å²) >= 11 is 0. The molecule has 1 N–H and O–H groups in total. The Balaban J connectivity index is 1.63. The molecular formula is C27H28FN5O. The summed E-state index contributed by atoms with van der Waals surface area (Å²) in [4.78, 5) is 20.6. The summed E-state index contributed by atoms with van der Waals surface area (Å²) in [5.74, 6) is -0.823. The number of aryl methyl sites for hydroxylation is 1. The van der Waals surface area contributed by atoms with Crippen LogP contribution in [-0.2, 0) is 0 Å². The predicted molar refractivity (Wildman–Crippen MR) is 134 cm³/mol. The Morgan fingerprint density at radius 2 is 1.85 bits per heavy atom. The van der Waals surface area contributed by atoms with Crippen molar-refractivity contribution in [3.8, 4) is 11.3 Å². The monoisotopic (exact) mass is 457 g/mol. The van der Waals surface area contributed by atoms with Crippen LogP contribution in [-0.4, -0.2) is 33.8 Å². The highest BCUT2D eigenvalue weighted by molar-refractivity contribution is 6.13. The van der Waals surface area contributed by atoms with Crippen molar-refractivity contribution < 1.29 is 9.18 Å². The second-order valence-corrected chi connectivity index (χ2v) is 9.07. The van der Waals surface area contributed by atoms with Crippen LogP contribution in [0.15, 0.2) is 54.7 Å². The van der Waals surface area contributed by atoms with Crippen molar-refractivity contribution >= 4 is 28.3 Å². The fourth-order valence-electron chi connectivity index (χ4n) is 4.62. The molecule has 1 aliphatic rings. The standard InChI is InChI=1S/C27H28FN5O/c1-17(2)33-26-21(16-29-33)20(15-23(30-26)19-10-5-4-9-18(19)3)27(34)31-25-22(28)11-8-12-24(25)32-13-6-7-14-32/h4-5,8-12,15-17H,6-7,13-14H2,1-3H3,(H,31,34). The van der Waals surface area contributed by atoms with Crippen LogP contribution in [0.2, 0.25) is 0 Å². The second kappa shape index (κ2) is 8.89. The van der Waals surface area contributed by atoms with Crippen LogP contribution in [0.4, 0.5) is 15.8 Å². The van der Waals surface area contributed by atoms with Crippen molar-refractivity contribution in [2.45, 2.75) is 39.7 Å². The molecule has 0 unspecified atom stereocenters. The van der Waals surface area contributed by atoms with E-state index in [9.17, 15) is 9.18 Å². The zero-order chi connectivity index (χ0) is 23.8. The van der Waals surface area contributed by atoms with Gasteiger partial charge in [0.15, 0.2) is 5.65 Å². The van der Waals surface area contributed by atoms with Crippen molar-refractivity contribution in [1.29, 1.82) is 0 Å². The van der Waals surface area contributed by atoms with E-state index in [-0.39, 0.29) is 17.6 Å². The largest absolute Gasteiger partial charge is 0.370 e. The molecule has 0 spiro atoms. The van der Waals surface area contributed by atoms with Gasteiger partial charge >= 0.3 is 0 Å². The highest BCUT2D eigenvalue weighted by Crippen LogP contribution is 2.33. The van der Waals surface area contributed by atoms with E-state index in [0.29, 0.717) is 28.0 Å². The van der Waals surface area contributed by atoms with Crippen molar-refractivity contribution in [3.63, 3.8) is 0 Å². The van der Waals surface area contributed by atoms with Gasteiger partial charge in [-0.2, -0.15) is 5.10 Å². The molecule has 0 saturated carbocycles. The number of para-hydroxylation sites is 1. The average Bonchev–Trinajstić information content (AvgIpc) is 3.50. The summed E-state index contributed by atoms with van der Waals surface area (Å²) in [6.45, 7) is 7.77. The number of anilines is 2. The maximum atomic E-state index is 14.9. The number of nitrogens with zero attached hydrogens (tertiary/aromatic N) is 4. The predicted octanol–water partition coefficient (Wildman–Crippen LogP) is 5.98. The third-order valence-corrected chi connectivity index (χ3v) is 6.40. The number of carbonyl (C=O) groups is 1. The normalized spacial score (nSPS) is 13.7. The van der Waals surface area contributed by atoms with E-state index in [1.807, 2.05) is 55.8 Å². The van der Waals surface area contributed by atoms with E-state index in [4.69, 9.17) is 4.98 Å². The van der Waals surface area contributed by atoms with Crippen molar-refractivity contribution in [3.05, 3.63) is 71.7 Å². The van der Waals surface area contributed by atoms with Gasteiger partial charge in [-0.05, 0) is 57.4 Å². The van der Waals surface area contributed by atoms with Gasteiger partial charge in [-0.3, -0.25) is 4.79 Å². The Hall–Kier alpha value is -3.74. The molecule has 174 valence electrons. The molecule has 4 aromatic rings. The quantitative estimate of drug-likeness (QED) is 0.400. The van der Waals surface area contributed by atoms with Crippen LogP contribution >= 0.6 is 0 Å². The van der Waals surface area contributed by atoms with E-state index in [1.165, 1.54) is 6.07 Å². The molecule has 0 radical (unpaired) electrons. The number of fused-ring (bicyclic) bond motifs is 1. The number of halogens is 1. The van der Waals surface area contributed by atoms with Gasteiger partial charge in [0.1, 0.15) is 11.5 Å². The Morgan fingerprint density at radius 3 is 2.59 bits per heavy atom. The van der Waals surface area contributed by atoms with Crippen LogP contribution in [0.3, 0.4) is 0 Å². The molecule has 1 amide bonds. The summed E-state index contributed by atoms with van der Waals surface area (Å²) in [6.07, 6.45) is 3.79. The number of benzene rings is 2. The average molecular weight is 458 g/mol. The summed E-state index contributed by atoms with van der Waals surface area (Å²) in [6, 6.07) is 14.7. The molecule has 1 saturated heterocycles. The highest BCUT2D eigenvalue weighted by atomic mass is 19.1. The minimum absolute atomic E-state index is 0.0707. The first-order valence-electron chi connectivity index (χ1n) is 11.7. The Morgan fingerprint density at radius 1 is 1.09 bits per heavy atom. The summed E-state index contributed by atoms with van der Waals surface area (Å²) in [5, 5.41) is 8.01. The third kappa shape index (κ3) is 3.91. The van der Waals surface area contributed by atoms with E-state index < -0.39 is 5.82 Å². The lowest BCUT2D eigenvalue weighted by Gasteiger charge is -2.22. The number of hydrogen-bond acceptors (Lipinski definition) is 4. The molecular weight excluding hydrogens is 429 g/mol. The lowest BCUT2D eigenvalue weighted by molar-refractivity contribution is 0.102. The number of rotatable bonds is 5. The van der Waals surface area contributed by atoms with Crippen molar-refractivity contribution in [2.24, 2.45) is 0 Å². The smallest absolute Gasteiger partial charge is 0.256 e. The lowest BCUT2D eigenvalue weighted by Crippen LogP contribution is -2.22. The van der Waals surface area contributed by atoms with E-state index >= 15 is 0 Å². The maximum Gasteiger partial charge on any atom is 0.256 e. The first-order valence-corrected chi connectivity index (χ1v) is 11.7. The molecule has 0 atom stereocenters. The Labute approximate surface area is 198 Å². The maximum absolute atomic E-state index is 14.9. The molecule has 2 aromatic carbocycles. The first kappa shape index (κ1) is 22.1. The number of nitrogens with one attached hydrogen (secondary N) is 1. The molecule has 7 heteroatoms. The van der Waals surface area contributed by atoms with E-state index in [2.05, 4.69) is 15.3 Å². The first-order chi connectivity index (χ1) is 16.4. The van der Waals surface area contributed by atoms with Crippen LogP contribution in [0.5, 0.6) is 0 Å². The van der Waals surface area contributed by atoms with Crippen molar-refractivity contribution in [2.75, 3.05) is 23.3 Å². The molecule has 1 aliphatic heterocycles. The van der Waals surface area contributed by atoms with Gasteiger partial charge in [0.05, 0.1) is 28.5 Å². The van der Waals surface area contributed by atoms with Crippen LogP contribution in [0, 0.1) is 12.7 Å². The SMILES string of the molecule is Cc1ccccc1-c1cc(C(=O)Nc2c(F)cccc2N2CCCC2)c2cnn(C(C)C)c2n1. The third-order valence-electron chi connectivity index (χ3n) is 6.40. The second-order valence-electron chi connectivity index (χ2n) is 9.07. The molecule has 34 heavy (non-hydrogen) atoms. The number of pyridine rings is 1. The van der Waals surface area contributed by atoms with Gasteiger partial charge in [0, 0.05) is 24.7 Å². The van der Waals surface area contributed by atoms with Crippen LogP contribution in [0.1, 0.15) is 48.7 Å². The fraction of sp³-hybridized carbons (Fsp3) is 0.296. The number of hydrogen-bond donors (Lipinski definition) is 1. The van der Waals surface area contributed by atoms with Gasteiger partial charge in [-0.15, -0.1) is 0 Å². The zero-order valence-electron chi connectivity index (χ0n) is 19.7. The Kier molecular flexibility index (Phi) is 5.77. The molecule has 0 bridgehead atoms. The molecule has 2 aromatic heterocycles. The minimum Gasteiger partial charge on any atom is -0.370 e. The van der Waals surface area contributed by atoms with Gasteiger partial charge in [-0.25, -0.2) is 14.1 Å². The van der Waals surface area contributed by atoms with Crippen LogP contribution < -0.4 is 10.2 Å². The lowest BCUT2D eigenvalue weighted by atomic mass is 10.0. The molecule has 6 nitrogen and oxygen atoms in total. The van der Waals surface area contributed by atoms with E-state index in [1.54, 1.807) is 18.3 Å².